The van der Waals surface area contributed by atoms with E-state index in [9.17, 15) is 0 Å². The molecule has 36 heavy (non-hydrogen) atoms. The second kappa shape index (κ2) is 9.55. The van der Waals surface area contributed by atoms with E-state index in [4.69, 9.17) is 9.31 Å². The van der Waals surface area contributed by atoms with E-state index >= 15 is 0 Å². The second-order valence-corrected chi connectivity index (χ2v) is 9.77. The lowest BCUT2D eigenvalue weighted by Crippen LogP contribution is -2.48. The SMILES string of the molecule is Brc1ccccc1B1OC(c2ccccc2)(c2ccccc2)C(c2ccccc2)(c2ccccc2)O1. The van der Waals surface area contributed by atoms with Gasteiger partial charge >= 0.3 is 7.12 Å². The Morgan fingerprint density at radius 2 is 0.722 bits per heavy atom. The highest BCUT2D eigenvalue weighted by molar-refractivity contribution is 9.10. The summed E-state index contributed by atoms with van der Waals surface area (Å²) in [5.41, 5.74) is 3.10. The summed E-state index contributed by atoms with van der Waals surface area (Å²) in [7, 11) is -0.624. The first-order valence-electron chi connectivity index (χ1n) is 12.1. The molecule has 2 nitrogen and oxygen atoms in total. The molecule has 1 saturated heterocycles. The molecule has 1 aliphatic heterocycles. The first-order chi connectivity index (χ1) is 17.8. The van der Waals surface area contributed by atoms with Crippen LogP contribution in [0, 0.1) is 0 Å². The monoisotopic (exact) mass is 530 g/mol. The summed E-state index contributed by atoms with van der Waals surface area (Å²) in [4.78, 5) is 0. The molecule has 0 saturated carbocycles. The minimum absolute atomic E-state index is 0.624. The van der Waals surface area contributed by atoms with Gasteiger partial charge in [-0.3, -0.25) is 0 Å². The van der Waals surface area contributed by atoms with Crippen molar-refractivity contribution in [3.8, 4) is 0 Å². The van der Waals surface area contributed by atoms with Crippen LogP contribution in [0.1, 0.15) is 22.3 Å². The van der Waals surface area contributed by atoms with Crippen LogP contribution >= 0.6 is 15.9 Å². The largest absolute Gasteiger partial charge is 0.497 e. The van der Waals surface area contributed by atoms with Gasteiger partial charge in [-0.15, -0.1) is 0 Å². The van der Waals surface area contributed by atoms with Crippen LogP contribution in [0.25, 0.3) is 0 Å². The maximum Gasteiger partial charge on any atom is 0.497 e. The van der Waals surface area contributed by atoms with Gasteiger partial charge in [0.05, 0.1) is 0 Å². The van der Waals surface area contributed by atoms with E-state index in [0.717, 1.165) is 32.2 Å². The zero-order valence-corrected chi connectivity index (χ0v) is 21.2. The van der Waals surface area contributed by atoms with Gasteiger partial charge in [0.1, 0.15) is 11.2 Å². The van der Waals surface area contributed by atoms with Crippen molar-refractivity contribution in [1.29, 1.82) is 0 Å². The van der Waals surface area contributed by atoms with Crippen LogP contribution in [0.3, 0.4) is 0 Å². The molecular weight excluding hydrogens is 507 g/mol. The maximum atomic E-state index is 7.26. The number of hydrogen-bond donors (Lipinski definition) is 0. The molecule has 0 bridgehead atoms. The van der Waals surface area contributed by atoms with Gasteiger partial charge in [-0.05, 0) is 33.8 Å². The average Bonchev–Trinajstić information content (AvgIpc) is 3.33. The number of benzene rings is 5. The molecule has 0 unspecified atom stereocenters. The molecule has 174 valence electrons. The molecule has 0 amide bonds. The first kappa shape index (κ1) is 23.0. The summed E-state index contributed by atoms with van der Waals surface area (Å²) >= 11 is 3.75. The highest BCUT2D eigenvalue weighted by atomic mass is 79.9. The number of halogens is 1. The van der Waals surface area contributed by atoms with Crippen molar-refractivity contribution in [3.05, 3.63) is 172 Å². The van der Waals surface area contributed by atoms with Gasteiger partial charge in [-0.1, -0.05) is 155 Å². The van der Waals surface area contributed by atoms with E-state index in [1.165, 1.54) is 0 Å². The molecule has 0 N–H and O–H groups in total. The lowest BCUT2D eigenvalue weighted by molar-refractivity contribution is 0.00370. The third kappa shape index (κ3) is 3.57. The van der Waals surface area contributed by atoms with Gasteiger partial charge in [0.15, 0.2) is 0 Å². The van der Waals surface area contributed by atoms with Crippen LogP contribution in [-0.2, 0) is 20.5 Å². The molecule has 5 aromatic rings. The Morgan fingerprint density at radius 3 is 1.06 bits per heavy atom. The predicted octanol–water partition coefficient (Wildman–Crippen LogP) is 7.08. The summed E-state index contributed by atoms with van der Waals surface area (Å²) in [5, 5.41) is 0. The van der Waals surface area contributed by atoms with Gasteiger partial charge in [0.2, 0.25) is 0 Å². The van der Waals surface area contributed by atoms with E-state index in [1.807, 2.05) is 42.5 Å². The molecule has 5 aromatic carbocycles. The van der Waals surface area contributed by atoms with E-state index in [0.29, 0.717) is 0 Å². The van der Waals surface area contributed by atoms with Gasteiger partial charge in [0.25, 0.3) is 0 Å². The molecule has 0 radical (unpaired) electrons. The normalized spacial score (nSPS) is 16.1. The zero-order chi connectivity index (χ0) is 24.4. The quantitative estimate of drug-likeness (QED) is 0.226. The number of rotatable bonds is 5. The fraction of sp³-hybridized carbons (Fsp3) is 0.0625. The van der Waals surface area contributed by atoms with Crippen molar-refractivity contribution < 1.29 is 9.31 Å². The number of hydrogen-bond acceptors (Lipinski definition) is 2. The van der Waals surface area contributed by atoms with Gasteiger partial charge < -0.3 is 9.31 Å². The summed E-state index contributed by atoms with van der Waals surface area (Å²) in [6, 6.07) is 49.9. The molecule has 0 spiro atoms. The molecule has 6 rings (SSSR count). The molecule has 4 heteroatoms. The molecule has 1 aliphatic rings. The Hall–Kier alpha value is -3.44. The standard InChI is InChI=1S/C32H24BBrO2/c34-30-24-14-13-23-29(30)33-35-31(25-15-5-1-6-16-25,26-17-7-2-8-18-26)32(36-33,27-19-9-3-10-20-27)28-21-11-4-12-22-28/h1-24H. The minimum atomic E-state index is -0.974. The third-order valence-corrected chi connectivity index (χ3v) is 7.67. The van der Waals surface area contributed by atoms with Crippen molar-refractivity contribution in [2.24, 2.45) is 0 Å². The topological polar surface area (TPSA) is 18.5 Å². The Kier molecular flexibility index (Phi) is 6.10. The zero-order valence-electron chi connectivity index (χ0n) is 19.6. The summed E-state index contributed by atoms with van der Waals surface area (Å²) in [6.07, 6.45) is 0. The van der Waals surface area contributed by atoms with E-state index < -0.39 is 18.3 Å². The first-order valence-corrected chi connectivity index (χ1v) is 12.9. The Labute approximate surface area is 220 Å². The fourth-order valence-electron chi connectivity index (χ4n) is 5.41. The molecular formula is C32H24BBrO2. The Bertz CT molecular complexity index is 1270. The Morgan fingerprint density at radius 1 is 0.417 bits per heavy atom. The lowest BCUT2D eigenvalue weighted by atomic mass is 9.66. The Balaban J connectivity index is 1.75. The van der Waals surface area contributed by atoms with Gasteiger partial charge in [-0.2, -0.15) is 0 Å². The molecule has 0 aliphatic carbocycles. The molecule has 1 fully saturated rings. The van der Waals surface area contributed by atoms with Crippen LogP contribution in [0.15, 0.2) is 150 Å². The van der Waals surface area contributed by atoms with E-state index in [-0.39, 0.29) is 0 Å². The van der Waals surface area contributed by atoms with Crippen LogP contribution in [0.5, 0.6) is 0 Å². The van der Waals surface area contributed by atoms with E-state index in [1.54, 1.807) is 0 Å². The fourth-order valence-corrected chi connectivity index (χ4v) is 5.89. The van der Waals surface area contributed by atoms with Gasteiger partial charge in [-0.25, -0.2) is 0 Å². The van der Waals surface area contributed by atoms with Crippen LogP contribution in [0.4, 0.5) is 0 Å². The smallest absolute Gasteiger partial charge is 0.390 e. The van der Waals surface area contributed by atoms with Crippen molar-refractivity contribution in [3.63, 3.8) is 0 Å². The van der Waals surface area contributed by atoms with Crippen LogP contribution in [0.2, 0.25) is 0 Å². The highest BCUT2D eigenvalue weighted by Crippen LogP contribution is 2.58. The third-order valence-electron chi connectivity index (χ3n) is 6.94. The van der Waals surface area contributed by atoms with Crippen LogP contribution in [-0.4, -0.2) is 7.12 Å². The van der Waals surface area contributed by atoms with Crippen LogP contribution < -0.4 is 5.46 Å². The lowest BCUT2D eigenvalue weighted by Gasteiger charge is -2.46. The highest BCUT2D eigenvalue weighted by Gasteiger charge is 2.66. The summed E-state index contributed by atoms with van der Waals surface area (Å²) < 4.78 is 15.5. The minimum Gasteiger partial charge on any atom is -0.390 e. The van der Waals surface area contributed by atoms with Crippen molar-refractivity contribution in [1.82, 2.24) is 0 Å². The van der Waals surface area contributed by atoms with Crippen molar-refractivity contribution in [2.45, 2.75) is 11.2 Å². The predicted molar refractivity (Wildman–Crippen MR) is 149 cm³/mol. The molecule has 1 heterocycles. The maximum absolute atomic E-state index is 7.26. The molecule has 0 aromatic heterocycles. The van der Waals surface area contributed by atoms with Crippen molar-refractivity contribution in [2.75, 3.05) is 0 Å². The second-order valence-electron chi connectivity index (χ2n) is 8.92. The summed E-state index contributed by atoms with van der Waals surface area (Å²) in [5.74, 6) is 0. The van der Waals surface area contributed by atoms with Crippen molar-refractivity contribution >= 4 is 28.5 Å². The van der Waals surface area contributed by atoms with E-state index in [2.05, 4.69) is 119 Å². The average molecular weight is 531 g/mol. The van der Waals surface area contributed by atoms with Gasteiger partial charge in [0, 0.05) is 4.47 Å². The summed E-state index contributed by atoms with van der Waals surface area (Å²) in [6.45, 7) is 0. The molecule has 0 atom stereocenters.